The Morgan fingerprint density at radius 1 is 1.36 bits per heavy atom. The summed E-state index contributed by atoms with van der Waals surface area (Å²) in [6.07, 6.45) is 4.75. The highest BCUT2D eigenvalue weighted by molar-refractivity contribution is 5.13. The van der Waals surface area contributed by atoms with E-state index >= 15 is 0 Å². The van der Waals surface area contributed by atoms with Gasteiger partial charge in [0.1, 0.15) is 5.54 Å². The first kappa shape index (κ1) is 11.5. The first-order valence-electron chi connectivity index (χ1n) is 5.63. The molecule has 0 amide bonds. The second kappa shape index (κ2) is 4.31. The van der Waals surface area contributed by atoms with Gasteiger partial charge in [0.2, 0.25) is 0 Å². The quantitative estimate of drug-likeness (QED) is 0.675. The van der Waals surface area contributed by atoms with Crippen molar-refractivity contribution in [2.24, 2.45) is 11.8 Å². The second-order valence-corrected chi connectivity index (χ2v) is 5.03. The molecular formula is C12H22N2. The first-order valence-corrected chi connectivity index (χ1v) is 5.63. The minimum atomic E-state index is -0.202. The van der Waals surface area contributed by atoms with Crippen LogP contribution in [0.5, 0.6) is 0 Å². The van der Waals surface area contributed by atoms with Crippen molar-refractivity contribution in [2.75, 3.05) is 14.1 Å². The predicted molar refractivity (Wildman–Crippen MR) is 58.8 cm³/mol. The molecule has 80 valence electrons. The molecule has 2 heteroatoms. The molecule has 0 heterocycles. The summed E-state index contributed by atoms with van der Waals surface area (Å²) in [6, 6.07) is 2.57. The lowest BCUT2D eigenvalue weighted by Gasteiger charge is -2.45. The minimum absolute atomic E-state index is 0.202. The zero-order chi connectivity index (χ0) is 10.8. The molecule has 0 aliphatic heterocycles. The third-order valence-corrected chi connectivity index (χ3v) is 3.73. The van der Waals surface area contributed by atoms with Crippen LogP contribution >= 0.6 is 0 Å². The fourth-order valence-corrected chi connectivity index (χ4v) is 2.86. The van der Waals surface area contributed by atoms with Crippen LogP contribution in [0.25, 0.3) is 0 Å². The maximum Gasteiger partial charge on any atom is 0.111 e. The van der Waals surface area contributed by atoms with E-state index in [-0.39, 0.29) is 5.54 Å². The number of rotatable bonds is 2. The monoisotopic (exact) mass is 194 g/mol. The lowest BCUT2D eigenvalue weighted by atomic mass is 9.68. The van der Waals surface area contributed by atoms with E-state index in [0.29, 0.717) is 11.8 Å². The van der Waals surface area contributed by atoms with Gasteiger partial charge in [-0.25, -0.2) is 0 Å². The number of nitriles is 1. The zero-order valence-electron chi connectivity index (χ0n) is 9.88. The van der Waals surface area contributed by atoms with Crippen LogP contribution in [0, 0.1) is 23.2 Å². The maximum absolute atomic E-state index is 9.44. The average Bonchev–Trinajstić information content (AvgIpc) is 2.17. The van der Waals surface area contributed by atoms with Gasteiger partial charge >= 0.3 is 0 Å². The molecule has 1 aliphatic carbocycles. The van der Waals surface area contributed by atoms with E-state index in [0.717, 1.165) is 6.42 Å². The van der Waals surface area contributed by atoms with Gasteiger partial charge in [-0.15, -0.1) is 0 Å². The van der Waals surface area contributed by atoms with Gasteiger partial charge < -0.3 is 0 Å². The van der Waals surface area contributed by atoms with E-state index in [9.17, 15) is 5.26 Å². The molecule has 0 bridgehead atoms. The molecule has 0 aromatic carbocycles. The standard InChI is InChI=1S/C12H22N2/c1-10(2)11-7-5-6-8-12(11,9-13)14(3)4/h10-11H,5-8H2,1-4H3. The van der Waals surface area contributed by atoms with E-state index in [2.05, 4.69) is 24.8 Å². The van der Waals surface area contributed by atoms with Crippen LogP contribution in [-0.2, 0) is 0 Å². The van der Waals surface area contributed by atoms with E-state index in [1.165, 1.54) is 19.3 Å². The predicted octanol–water partition coefficient (Wildman–Crippen LogP) is 2.66. The van der Waals surface area contributed by atoms with Gasteiger partial charge in [0.05, 0.1) is 6.07 Å². The number of nitrogens with zero attached hydrogens (tertiary/aromatic N) is 2. The number of hydrogen-bond acceptors (Lipinski definition) is 2. The van der Waals surface area contributed by atoms with Crippen molar-refractivity contribution in [3.05, 3.63) is 0 Å². The van der Waals surface area contributed by atoms with E-state index < -0.39 is 0 Å². The van der Waals surface area contributed by atoms with Crippen LogP contribution in [0.15, 0.2) is 0 Å². The van der Waals surface area contributed by atoms with Gasteiger partial charge in [-0.2, -0.15) is 5.26 Å². The maximum atomic E-state index is 9.44. The Labute approximate surface area is 87.9 Å². The Balaban J connectivity index is 2.94. The summed E-state index contributed by atoms with van der Waals surface area (Å²) in [5.74, 6) is 1.15. The lowest BCUT2D eigenvalue weighted by Crippen LogP contribution is -2.52. The minimum Gasteiger partial charge on any atom is -0.291 e. The molecule has 1 fully saturated rings. The molecule has 0 saturated heterocycles. The molecule has 1 rings (SSSR count). The summed E-state index contributed by atoms with van der Waals surface area (Å²) >= 11 is 0. The Hall–Kier alpha value is -0.550. The van der Waals surface area contributed by atoms with Gasteiger partial charge in [-0.05, 0) is 38.8 Å². The molecular weight excluding hydrogens is 172 g/mol. The molecule has 0 aromatic rings. The molecule has 2 atom stereocenters. The van der Waals surface area contributed by atoms with Crippen LogP contribution in [0.4, 0.5) is 0 Å². The molecule has 2 nitrogen and oxygen atoms in total. The fraction of sp³-hybridized carbons (Fsp3) is 0.917. The Bertz CT molecular complexity index is 227. The van der Waals surface area contributed by atoms with E-state index in [1.807, 2.05) is 14.1 Å². The molecule has 0 N–H and O–H groups in total. The van der Waals surface area contributed by atoms with E-state index in [4.69, 9.17) is 0 Å². The Kier molecular flexibility index (Phi) is 3.55. The SMILES string of the molecule is CC(C)C1CCCCC1(C#N)N(C)C. The summed E-state index contributed by atoms with van der Waals surface area (Å²) in [4.78, 5) is 2.14. The molecule has 0 spiro atoms. The molecule has 1 aliphatic rings. The van der Waals surface area contributed by atoms with Gasteiger partial charge in [0, 0.05) is 0 Å². The van der Waals surface area contributed by atoms with Gasteiger partial charge in [0.25, 0.3) is 0 Å². The van der Waals surface area contributed by atoms with Gasteiger partial charge in [-0.1, -0.05) is 26.7 Å². The smallest absolute Gasteiger partial charge is 0.111 e. The molecule has 0 aromatic heterocycles. The Morgan fingerprint density at radius 3 is 2.36 bits per heavy atom. The number of hydrogen-bond donors (Lipinski definition) is 0. The fourth-order valence-electron chi connectivity index (χ4n) is 2.86. The van der Waals surface area contributed by atoms with E-state index in [1.54, 1.807) is 0 Å². The first-order chi connectivity index (χ1) is 6.54. The Morgan fingerprint density at radius 2 is 2.00 bits per heavy atom. The average molecular weight is 194 g/mol. The summed E-state index contributed by atoms with van der Waals surface area (Å²) in [7, 11) is 4.09. The van der Waals surface area contributed by atoms with Crippen molar-refractivity contribution in [3.63, 3.8) is 0 Å². The lowest BCUT2D eigenvalue weighted by molar-refractivity contribution is 0.0606. The van der Waals surface area contributed by atoms with Crippen LogP contribution in [0.2, 0.25) is 0 Å². The highest BCUT2D eigenvalue weighted by atomic mass is 15.2. The van der Waals surface area contributed by atoms with Crippen LogP contribution in [-0.4, -0.2) is 24.5 Å². The molecule has 0 radical (unpaired) electrons. The molecule has 2 unspecified atom stereocenters. The third kappa shape index (κ3) is 1.79. The van der Waals surface area contributed by atoms with Crippen LogP contribution in [0.3, 0.4) is 0 Å². The summed E-state index contributed by atoms with van der Waals surface area (Å²) < 4.78 is 0. The van der Waals surface area contributed by atoms with Crippen LogP contribution < -0.4 is 0 Å². The second-order valence-electron chi connectivity index (χ2n) is 5.03. The largest absolute Gasteiger partial charge is 0.291 e. The normalized spacial score (nSPS) is 33.4. The molecule has 14 heavy (non-hydrogen) atoms. The van der Waals surface area contributed by atoms with Gasteiger partial charge in [0.15, 0.2) is 0 Å². The highest BCUT2D eigenvalue weighted by Crippen LogP contribution is 2.40. The summed E-state index contributed by atoms with van der Waals surface area (Å²) in [5.41, 5.74) is -0.202. The van der Waals surface area contributed by atoms with Crippen molar-refractivity contribution in [1.29, 1.82) is 5.26 Å². The summed E-state index contributed by atoms with van der Waals surface area (Å²) in [6.45, 7) is 4.48. The van der Waals surface area contributed by atoms with Crippen molar-refractivity contribution >= 4 is 0 Å². The third-order valence-electron chi connectivity index (χ3n) is 3.73. The van der Waals surface area contributed by atoms with Crippen molar-refractivity contribution in [1.82, 2.24) is 4.90 Å². The summed E-state index contributed by atoms with van der Waals surface area (Å²) in [5, 5.41) is 9.44. The van der Waals surface area contributed by atoms with Crippen molar-refractivity contribution in [3.8, 4) is 6.07 Å². The topological polar surface area (TPSA) is 27.0 Å². The molecule has 1 saturated carbocycles. The van der Waals surface area contributed by atoms with Crippen molar-refractivity contribution in [2.45, 2.75) is 45.1 Å². The van der Waals surface area contributed by atoms with Gasteiger partial charge in [-0.3, -0.25) is 4.90 Å². The highest BCUT2D eigenvalue weighted by Gasteiger charge is 2.44. The zero-order valence-corrected chi connectivity index (χ0v) is 9.88. The van der Waals surface area contributed by atoms with Crippen molar-refractivity contribution < 1.29 is 0 Å². The van der Waals surface area contributed by atoms with Crippen LogP contribution in [0.1, 0.15) is 39.5 Å².